The van der Waals surface area contributed by atoms with Gasteiger partial charge in [0.2, 0.25) is 0 Å². The minimum atomic E-state index is -0.353. The van der Waals surface area contributed by atoms with Crippen molar-refractivity contribution in [1.82, 2.24) is 4.98 Å². The molecule has 1 N–H and O–H groups in total. The molecular formula is C11H11IN2O2. The molecule has 84 valence electrons. The number of halogens is 1. The number of nitrogens with zero attached hydrogens (tertiary/aromatic N) is 1. The average molecular weight is 330 g/mol. The Morgan fingerprint density at radius 3 is 2.94 bits per heavy atom. The van der Waals surface area contributed by atoms with E-state index in [1.165, 1.54) is 6.07 Å². The van der Waals surface area contributed by atoms with Gasteiger partial charge >= 0.3 is 0 Å². The molecule has 0 aliphatic carbocycles. The Labute approximate surface area is 106 Å². The molecule has 1 aromatic heterocycles. The number of nitrogens with one attached hydrogen (secondary N) is 1. The zero-order chi connectivity index (χ0) is 11.5. The Kier molecular flexibility index (Phi) is 3.42. The van der Waals surface area contributed by atoms with Crippen molar-refractivity contribution in [3.05, 3.63) is 40.1 Å². The molecule has 1 heterocycles. The first kappa shape index (κ1) is 11.4. The van der Waals surface area contributed by atoms with Gasteiger partial charge in [-0.3, -0.25) is 10.1 Å². The van der Waals surface area contributed by atoms with Crippen LogP contribution in [0, 0.1) is 10.1 Å². The van der Waals surface area contributed by atoms with E-state index in [1.807, 2.05) is 6.20 Å². The van der Waals surface area contributed by atoms with Crippen LogP contribution in [0.25, 0.3) is 10.9 Å². The van der Waals surface area contributed by atoms with Crippen molar-refractivity contribution in [2.45, 2.75) is 12.8 Å². The summed E-state index contributed by atoms with van der Waals surface area (Å²) >= 11 is 2.33. The number of fused-ring (bicyclic) bond motifs is 1. The molecule has 2 rings (SSSR count). The molecule has 0 amide bonds. The van der Waals surface area contributed by atoms with E-state index in [4.69, 9.17) is 0 Å². The van der Waals surface area contributed by atoms with Crippen LogP contribution in [-0.2, 0) is 6.42 Å². The molecule has 0 bridgehead atoms. The van der Waals surface area contributed by atoms with Gasteiger partial charge in [0.25, 0.3) is 5.69 Å². The maximum absolute atomic E-state index is 10.7. The molecule has 5 heteroatoms. The topological polar surface area (TPSA) is 58.9 Å². The SMILES string of the molecule is O=[N+]([O-])c1ccc2[nH]cc(CCCI)c2c1. The fourth-order valence-electron chi connectivity index (χ4n) is 1.74. The molecule has 0 saturated carbocycles. The number of aromatic amines is 1. The number of rotatable bonds is 4. The first-order valence-corrected chi connectivity index (χ1v) is 6.55. The summed E-state index contributed by atoms with van der Waals surface area (Å²) < 4.78 is 1.10. The Morgan fingerprint density at radius 2 is 2.25 bits per heavy atom. The number of aromatic nitrogens is 1. The standard InChI is InChI=1S/C11H11IN2O2/c12-5-1-2-8-7-13-11-4-3-9(14(15)16)6-10(8)11/h3-4,6-7,13H,1-2,5H2. The van der Waals surface area contributed by atoms with Gasteiger partial charge in [-0.2, -0.15) is 0 Å². The summed E-state index contributed by atoms with van der Waals surface area (Å²) in [4.78, 5) is 13.5. The zero-order valence-corrected chi connectivity index (χ0v) is 10.7. The third kappa shape index (κ3) is 2.18. The average Bonchev–Trinajstić information content (AvgIpc) is 2.68. The predicted octanol–water partition coefficient (Wildman–Crippen LogP) is 3.44. The summed E-state index contributed by atoms with van der Waals surface area (Å²) in [7, 11) is 0. The van der Waals surface area contributed by atoms with E-state index >= 15 is 0 Å². The molecule has 16 heavy (non-hydrogen) atoms. The van der Waals surface area contributed by atoms with E-state index in [0.29, 0.717) is 0 Å². The van der Waals surface area contributed by atoms with E-state index in [1.54, 1.807) is 12.1 Å². The first-order chi connectivity index (χ1) is 7.72. The molecule has 0 atom stereocenters. The number of nitro benzene ring substituents is 1. The number of hydrogen-bond donors (Lipinski definition) is 1. The van der Waals surface area contributed by atoms with Crippen molar-refractivity contribution in [1.29, 1.82) is 0 Å². The highest BCUT2D eigenvalue weighted by molar-refractivity contribution is 14.1. The molecule has 0 fully saturated rings. The van der Waals surface area contributed by atoms with Crippen molar-refractivity contribution in [2.24, 2.45) is 0 Å². The Hall–Kier alpha value is -1.11. The van der Waals surface area contributed by atoms with E-state index in [0.717, 1.165) is 33.7 Å². The summed E-state index contributed by atoms with van der Waals surface area (Å²) in [6.45, 7) is 0. The summed E-state index contributed by atoms with van der Waals surface area (Å²) in [5.74, 6) is 0. The van der Waals surface area contributed by atoms with Gasteiger partial charge in [-0.1, -0.05) is 22.6 Å². The molecule has 2 aromatic rings. The maximum Gasteiger partial charge on any atom is 0.270 e. The van der Waals surface area contributed by atoms with Gasteiger partial charge in [0, 0.05) is 29.2 Å². The molecule has 4 nitrogen and oxygen atoms in total. The summed E-state index contributed by atoms with van der Waals surface area (Å²) in [6, 6.07) is 4.94. The fourth-order valence-corrected chi connectivity index (χ4v) is 2.13. The largest absolute Gasteiger partial charge is 0.361 e. The van der Waals surface area contributed by atoms with Crippen molar-refractivity contribution < 1.29 is 4.92 Å². The minimum Gasteiger partial charge on any atom is -0.361 e. The quantitative estimate of drug-likeness (QED) is 0.404. The highest BCUT2D eigenvalue weighted by Gasteiger charge is 2.09. The van der Waals surface area contributed by atoms with Crippen LogP contribution in [0.1, 0.15) is 12.0 Å². The predicted molar refractivity (Wildman–Crippen MR) is 72.2 cm³/mol. The summed E-state index contributed by atoms with van der Waals surface area (Å²) in [6.07, 6.45) is 4.00. The van der Waals surface area contributed by atoms with Crippen LogP contribution in [0.2, 0.25) is 0 Å². The fraction of sp³-hybridized carbons (Fsp3) is 0.273. The van der Waals surface area contributed by atoms with E-state index in [2.05, 4.69) is 27.6 Å². The van der Waals surface area contributed by atoms with Gasteiger partial charge in [0.05, 0.1) is 4.92 Å². The third-order valence-corrected chi connectivity index (χ3v) is 3.30. The van der Waals surface area contributed by atoms with Crippen LogP contribution in [0.15, 0.2) is 24.4 Å². The molecule has 0 aliphatic heterocycles. The highest BCUT2D eigenvalue weighted by atomic mass is 127. The van der Waals surface area contributed by atoms with E-state index in [-0.39, 0.29) is 10.6 Å². The molecule has 0 aliphatic rings. The molecule has 0 radical (unpaired) electrons. The number of nitro groups is 1. The number of H-pyrrole nitrogens is 1. The van der Waals surface area contributed by atoms with Gasteiger partial charge in [0.15, 0.2) is 0 Å². The number of non-ortho nitro benzene ring substituents is 1. The van der Waals surface area contributed by atoms with E-state index < -0.39 is 0 Å². The molecule has 0 saturated heterocycles. The van der Waals surface area contributed by atoms with Crippen molar-refractivity contribution in [3.8, 4) is 0 Å². The van der Waals surface area contributed by atoms with Gasteiger partial charge in [-0.15, -0.1) is 0 Å². The highest BCUT2D eigenvalue weighted by Crippen LogP contribution is 2.24. The molecule has 1 aromatic carbocycles. The molecule has 0 spiro atoms. The van der Waals surface area contributed by atoms with Crippen LogP contribution in [0.5, 0.6) is 0 Å². The lowest BCUT2D eigenvalue weighted by Gasteiger charge is -1.97. The van der Waals surface area contributed by atoms with Gasteiger partial charge < -0.3 is 4.98 Å². The molecular weight excluding hydrogens is 319 g/mol. The number of hydrogen-bond acceptors (Lipinski definition) is 2. The normalized spacial score (nSPS) is 10.8. The van der Waals surface area contributed by atoms with Gasteiger partial charge in [-0.25, -0.2) is 0 Å². The second-order valence-corrected chi connectivity index (χ2v) is 4.67. The van der Waals surface area contributed by atoms with Crippen molar-refractivity contribution in [3.63, 3.8) is 0 Å². The van der Waals surface area contributed by atoms with Crippen LogP contribution in [0.4, 0.5) is 5.69 Å². The lowest BCUT2D eigenvalue weighted by Crippen LogP contribution is -1.88. The second-order valence-electron chi connectivity index (χ2n) is 3.59. The number of benzene rings is 1. The summed E-state index contributed by atoms with van der Waals surface area (Å²) in [5.41, 5.74) is 2.28. The lowest BCUT2D eigenvalue weighted by atomic mass is 10.1. The summed E-state index contributed by atoms with van der Waals surface area (Å²) in [5, 5.41) is 11.7. The van der Waals surface area contributed by atoms with Gasteiger partial charge in [-0.05, 0) is 28.9 Å². The second kappa shape index (κ2) is 4.82. The maximum atomic E-state index is 10.7. The smallest absolute Gasteiger partial charge is 0.270 e. The van der Waals surface area contributed by atoms with Crippen LogP contribution >= 0.6 is 22.6 Å². The first-order valence-electron chi connectivity index (χ1n) is 5.02. The monoisotopic (exact) mass is 330 g/mol. The lowest BCUT2D eigenvalue weighted by molar-refractivity contribution is -0.384. The van der Waals surface area contributed by atoms with Gasteiger partial charge in [0.1, 0.15) is 0 Å². The van der Waals surface area contributed by atoms with Crippen molar-refractivity contribution in [2.75, 3.05) is 4.43 Å². The Morgan fingerprint density at radius 1 is 1.44 bits per heavy atom. The Bertz CT molecular complexity index is 522. The number of aryl methyl sites for hydroxylation is 1. The van der Waals surface area contributed by atoms with Crippen LogP contribution in [-0.4, -0.2) is 14.3 Å². The third-order valence-electron chi connectivity index (χ3n) is 2.54. The van der Waals surface area contributed by atoms with Crippen LogP contribution in [0.3, 0.4) is 0 Å². The van der Waals surface area contributed by atoms with Crippen LogP contribution < -0.4 is 0 Å². The zero-order valence-electron chi connectivity index (χ0n) is 8.57. The minimum absolute atomic E-state index is 0.155. The van der Waals surface area contributed by atoms with E-state index in [9.17, 15) is 10.1 Å². The Balaban J connectivity index is 2.43. The van der Waals surface area contributed by atoms with Crippen molar-refractivity contribution >= 4 is 39.2 Å². The number of alkyl halides is 1. The molecule has 0 unspecified atom stereocenters.